The summed E-state index contributed by atoms with van der Waals surface area (Å²) in [5.74, 6) is -1.49. The van der Waals surface area contributed by atoms with Crippen LogP contribution in [0.1, 0.15) is 20.3 Å². The Bertz CT molecular complexity index is 541. The fourth-order valence-electron chi connectivity index (χ4n) is 1.49. The number of hydrogen-bond donors (Lipinski definition) is 2. The van der Waals surface area contributed by atoms with Gasteiger partial charge < -0.3 is 5.11 Å². The van der Waals surface area contributed by atoms with E-state index in [1.165, 1.54) is 24.3 Å². The van der Waals surface area contributed by atoms with E-state index in [2.05, 4.69) is 4.72 Å². The van der Waals surface area contributed by atoms with Crippen molar-refractivity contribution in [2.45, 2.75) is 31.2 Å². The van der Waals surface area contributed by atoms with Gasteiger partial charge in [0.25, 0.3) is 0 Å². The van der Waals surface area contributed by atoms with E-state index in [-0.39, 0.29) is 10.8 Å². The molecule has 0 spiro atoms. The lowest BCUT2D eigenvalue weighted by atomic mass is 10.0. The summed E-state index contributed by atoms with van der Waals surface area (Å²) in [6.45, 7) is 3.49. The Labute approximate surface area is 117 Å². The zero-order valence-corrected chi connectivity index (χ0v) is 12.2. The van der Waals surface area contributed by atoms with Crippen LogP contribution < -0.4 is 4.72 Å². The Morgan fingerprint density at radius 1 is 1.37 bits per heavy atom. The van der Waals surface area contributed by atoms with E-state index in [1.807, 2.05) is 0 Å². The first-order chi connectivity index (χ1) is 8.77. The number of hydrogen-bond acceptors (Lipinski definition) is 3. The van der Waals surface area contributed by atoms with Crippen LogP contribution in [-0.2, 0) is 14.8 Å². The van der Waals surface area contributed by atoms with Gasteiger partial charge >= 0.3 is 5.97 Å². The van der Waals surface area contributed by atoms with Gasteiger partial charge in [0.1, 0.15) is 6.04 Å². The molecule has 7 heteroatoms. The zero-order chi connectivity index (χ0) is 14.6. The average molecular weight is 306 g/mol. The normalized spacial score (nSPS) is 14.9. The number of benzene rings is 1. The van der Waals surface area contributed by atoms with Crippen LogP contribution in [-0.4, -0.2) is 25.5 Å². The van der Waals surface area contributed by atoms with E-state index in [9.17, 15) is 13.2 Å². The minimum Gasteiger partial charge on any atom is -0.480 e. The molecule has 0 heterocycles. The van der Waals surface area contributed by atoms with Crippen LogP contribution in [0.4, 0.5) is 0 Å². The number of halogens is 1. The van der Waals surface area contributed by atoms with Crippen molar-refractivity contribution in [2.75, 3.05) is 0 Å². The predicted molar refractivity (Wildman–Crippen MR) is 72.7 cm³/mol. The summed E-state index contributed by atoms with van der Waals surface area (Å²) >= 11 is 5.68. The van der Waals surface area contributed by atoms with Crippen molar-refractivity contribution in [2.24, 2.45) is 5.92 Å². The van der Waals surface area contributed by atoms with E-state index in [4.69, 9.17) is 16.7 Å². The highest BCUT2D eigenvalue weighted by Crippen LogP contribution is 2.16. The van der Waals surface area contributed by atoms with Crippen LogP contribution in [0.3, 0.4) is 0 Å². The highest BCUT2D eigenvalue weighted by Gasteiger charge is 2.29. The lowest BCUT2D eigenvalue weighted by Crippen LogP contribution is -2.44. The summed E-state index contributed by atoms with van der Waals surface area (Å²) in [5, 5.41) is 9.49. The first-order valence-electron chi connectivity index (χ1n) is 5.78. The van der Waals surface area contributed by atoms with E-state index in [1.54, 1.807) is 13.8 Å². The molecule has 0 fully saturated rings. The summed E-state index contributed by atoms with van der Waals surface area (Å²) in [5.41, 5.74) is 0. The van der Waals surface area contributed by atoms with Crippen LogP contribution in [0, 0.1) is 5.92 Å². The standard InChI is InChI=1S/C12H16ClNO4S/c1-3-8(2)11(12(15)16)14-19(17,18)10-6-4-9(13)5-7-10/h4-8,11,14H,3H2,1-2H3,(H,15,16)/t8-,11?/m1/s1. The Morgan fingerprint density at radius 2 is 1.89 bits per heavy atom. The van der Waals surface area contributed by atoms with Crippen molar-refractivity contribution in [3.8, 4) is 0 Å². The SMILES string of the molecule is CC[C@@H](C)C(NS(=O)(=O)c1ccc(Cl)cc1)C(=O)O. The molecule has 2 atom stereocenters. The molecule has 0 radical (unpaired) electrons. The first kappa shape index (κ1) is 15.9. The summed E-state index contributed by atoms with van der Waals surface area (Å²) in [7, 11) is -3.87. The number of carboxylic acids is 1. The number of rotatable bonds is 6. The van der Waals surface area contributed by atoms with E-state index < -0.39 is 22.0 Å². The van der Waals surface area contributed by atoms with Gasteiger partial charge in [-0.25, -0.2) is 8.42 Å². The number of carbonyl (C=O) groups is 1. The molecule has 0 bridgehead atoms. The molecule has 106 valence electrons. The molecule has 2 N–H and O–H groups in total. The maximum atomic E-state index is 12.1. The molecular formula is C12H16ClNO4S. The van der Waals surface area contributed by atoms with Gasteiger partial charge in [-0.1, -0.05) is 31.9 Å². The predicted octanol–water partition coefficient (Wildman–Crippen LogP) is 2.12. The molecule has 1 aromatic carbocycles. The number of carboxylic acid groups (broad SMARTS) is 1. The fourth-order valence-corrected chi connectivity index (χ4v) is 2.92. The summed E-state index contributed by atoms with van der Waals surface area (Å²) in [6.07, 6.45) is 0.556. The van der Waals surface area contributed by atoms with Gasteiger partial charge in [-0.15, -0.1) is 0 Å². The summed E-state index contributed by atoms with van der Waals surface area (Å²) in [4.78, 5) is 11.1. The molecule has 0 aromatic heterocycles. The molecule has 1 unspecified atom stereocenters. The smallest absolute Gasteiger partial charge is 0.322 e. The van der Waals surface area contributed by atoms with Crippen molar-refractivity contribution in [3.05, 3.63) is 29.3 Å². The van der Waals surface area contributed by atoms with E-state index >= 15 is 0 Å². The van der Waals surface area contributed by atoms with Crippen LogP contribution in [0.5, 0.6) is 0 Å². The minimum absolute atomic E-state index is 0.00791. The summed E-state index contributed by atoms with van der Waals surface area (Å²) in [6, 6.07) is 4.40. The molecule has 0 amide bonds. The molecule has 1 aromatic rings. The topological polar surface area (TPSA) is 83.5 Å². The number of nitrogens with one attached hydrogen (secondary N) is 1. The van der Waals surface area contributed by atoms with Gasteiger partial charge in [0.05, 0.1) is 4.90 Å². The second kappa shape index (κ2) is 6.36. The van der Waals surface area contributed by atoms with Gasteiger partial charge in [-0.3, -0.25) is 4.79 Å². The molecule has 0 aliphatic heterocycles. The second-order valence-corrected chi connectivity index (χ2v) is 6.43. The average Bonchev–Trinajstić information content (AvgIpc) is 2.35. The molecule has 5 nitrogen and oxygen atoms in total. The summed E-state index contributed by atoms with van der Waals surface area (Å²) < 4.78 is 26.3. The van der Waals surface area contributed by atoms with Crippen molar-refractivity contribution in [1.29, 1.82) is 0 Å². The van der Waals surface area contributed by atoms with Crippen LogP contribution in [0.25, 0.3) is 0 Å². The minimum atomic E-state index is -3.87. The van der Waals surface area contributed by atoms with Gasteiger partial charge in [0, 0.05) is 5.02 Å². The third-order valence-corrected chi connectivity index (χ3v) is 4.59. The zero-order valence-electron chi connectivity index (χ0n) is 10.6. The van der Waals surface area contributed by atoms with Crippen molar-refractivity contribution in [3.63, 3.8) is 0 Å². The molecule has 0 saturated heterocycles. The monoisotopic (exact) mass is 305 g/mol. The van der Waals surface area contributed by atoms with Crippen LogP contribution in [0.2, 0.25) is 5.02 Å². The molecule has 0 aliphatic rings. The molecule has 0 saturated carbocycles. The lowest BCUT2D eigenvalue weighted by Gasteiger charge is -2.20. The van der Waals surface area contributed by atoms with Crippen molar-refractivity contribution >= 4 is 27.6 Å². The molecular weight excluding hydrogens is 290 g/mol. The Kier molecular flexibility index (Phi) is 5.34. The van der Waals surface area contributed by atoms with Gasteiger partial charge in [0.15, 0.2) is 0 Å². The molecule has 0 aliphatic carbocycles. The Balaban J connectivity index is 3.00. The van der Waals surface area contributed by atoms with Crippen molar-refractivity contribution in [1.82, 2.24) is 4.72 Å². The highest BCUT2D eigenvalue weighted by atomic mass is 35.5. The van der Waals surface area contributed by atoms with Gasteiger partial charge in [-0.2, -0.15) is 4.72 Å². The third kappa shape index (κ3) is 4.19. The Hall–Kier alpha value is -1.11. The van der Waals surface area contributed by atoms with Crippen LogP contribution in [0.15, 0.2) is 29.2 Å². The van der Waals surface area contributed by atoms with Crippen molar-refractivity contribution < 1.29 is 18.3 Å². The fraction of sp³-hybridized carbons (Fsp3) is 0.417. The number of sulfonamides is 1. The first-order valence-corrected chi connectivity index (χ1v) is 7.64. The maximum absolute atomic E-state index is 12.1. The lowest BCUT2D eigenvalue weighted by molar-refractivity contribution is -0.140. The highest BCUT2D eigenvalue weighted by molar-refractivity contribution is 7.89. The van der Waals surface area contributed by atoms with E-state index in [0.717, 1.165) is 0 Å². The van der Waals surface area contributed by atoms with Gasteiger partial charge in [-0.05, 0) is 30.2 Å². The molecule has 1 rings (SSSR count). The van der Waals surface area contributed by atoms with Crippen LogP contribution >= 0.6 is 11.6 Å². The largest absolute Gasteiger partial charge is 0.480 e. The molecule has 19 heavy (non-hydrogen) atoms. The van der Waals surface area contributed by atoms with E-state index in [0.29, 0.717) is 11.4 Å². The number of aliphatic carboxylic acids is 1. The Morgan fingerprint density at radius 3 is 2.32 bits per heavy atom. The second-order valence-electron chi connectivity index (χ2n) is 4.28. The quantitative estimate of drug-likeness (QED) is 0.843. The maximum Gasteiger partial charge on any atom is 0.322 e. The van der Waals surface area contributed by atoms with Gasteiger partial charge in [0.2, 0.25) is 10.0 Å². The third-order valence-electron chi connectivity index (χ3n) is 2.89.